The van der Waals surface area contributed by atoms with Gasteiger partial charge in [-0.1, -0.05) is 0 Å². The third-order valence-electron chi connectivity index (χ3n) is 3.72. The number of pyridine rings is 1. The molecular formula is C15H19N5O. The van der Waals surface area contributed by atoms with Gasteiger partial charge in [-0.2, -0.15) is 0 Å². The zero-order valence-corrected chi connectivity index (χ0v) is 12.0. The Hall–Kier alpha value is -2.37. The number of fused-ring (bicyclic) bond motifs is 1. The Morgan fingerprint density at radius 1 is 1.57 bits per heavy atom. The van der Waals surface area contributed by atoms with Crippen molar-refractivity contribution in [2.45, 2.75) is 26.2 Å². The lowest BCUT2D eigenvalue weighted by Gasteiger charge is -2.05. The molecule has 0 atom stereocenters. The topological polar surface area (TPSA) is 96.2 Å². The Morgan fingerprint density at radius 2 is 2.38 bits per heavy atom. The van der Waals surface area contributed by atoms with E-state index in [1.807, 2.05) is 19.2 Å². The third-order valence-corrected chi connectivity index (χ3v) is 3.72. The maximum atomic E-state index is 11.7. The molecule has 0 radical (unpaired) electrons. The number of hydrogen-bond donors (Lipinski definition) is 3. The van der Waals surface area contributed by atoms with Crippen molar-refractivity contribution in [3.05, 3.63) is 24.0 Å². The number of rotatable bonds is 5. The summed E-state index contributed by atoms with van der Waals surface area (Å²) in [5.74, 6) is 0.897. The van der Waals surface area contributed by atoms with Gasteiger partial charge in [0.25, 0.3) is 0 Å². The molecule has 6 heteroatoms. The van der Waals surface area contributed by atoms with Gasteiger partial charge in [-0.15, -0.1) is 0 Å². The number of nitrogens with one attached hydrogen (secondary N) is 2. The number of nitrogens with two attached hydrogens (primary N) is 1. The van der Waals surface area contributed by atoms with Gasteiger partial charge in [-0.3, -0.25) is 4.79 Å². The van der Waals surface area contributed by atoms with Crippen LogP contribution in [0.1, 0.15) is 24.8 Å². The maximum Gasteiger partial charge on any atom is 0.227 e. The van der Waals surface area contributed by atoms with Crippen molar-refractivity contribution in [3.63, 3.8) is 0 Å². The van der Waals surface area contributed by atoms with Crippen molar-refractivity contribution in [1.82, 2.24) is 15.3 Å². The highest BCUT2D eigenvalue weighted by atomic mass is 16.1. The van der Waals surface area contributed by atoms with Crippen LogP contribution < -0.4 is 11.1 Å². The summed E-state index contributed by atoms with van der Waals surface area (Å²) < 4.78 is 0. The van der Waals surface area contributed by atoms with Crippen molar-refractivity contribution >= 4 is 28.5 Å². The Morgan fingerprint density at radius 3 is 3.14 bits per heavy atom. The fraction of sp³-hybridized carbons (Fsp3) is 0.400. The van der Waals surface area contributed by atoms with Crippen molar-refractivity contribution in [3.8, 4) is 0 Å². The van der Waals surface area contributed by atoms with E-state index in [2.05, 4.69) is 20.3 Å². The second-order valence-corrected chi connectivity index (χ2v) is 5.54. The van der Waals surface area contributed by atoms with Crippen LogP contribution in [0.3, 0.4) is 0 Å². The van der Waals surface area contributed by atoms with E-state index in [1.54, 1.807) is 6.20 Å². The minimum atomic E-state index is -0.0727. The number of aliphatic imine (C=N–C) groups is 1. The van der Waals surface area contributed by atoms with E-state index >= 15 is 0 Å². The summed E-state index contributed by atoms with van der Waals surface area (Å²) in [4.78, 5) is 23.4. The fourth-order valence-electron chi connectivity index (χ4n) is 2.24. The van der Waals surface area contributed by atoms with Crippen molar-refractivity contribution < 1.29 is 4.79 Å². The number of aromatic nitrogens is 2. The quantitative estimate of drug-likeness (QED) is 0.577. The molecule has 0 bridgehead atoms. The molecule has 0 spiro atoms. The van der Waals surface area contributed by atoms with E-state index in [9.17, 15) is 4.79 Å². The summed E-state index contributed by atoms with van der Waals surface area (Å²) >= 11 is 0. The van der Waals surface area contributed by atoms with Gasteiger partial charge in [0.15, 0.2) is 0 Å². The smallest absolute Gasteiger partial charge is 0.227 e. The SMILES string of the molecule is Cc1c(N=C(N)CC(=O)NCC2CC2)cnc2[nH]ccc12. The van der Waals surface area contributed by atoms with Crippen LogP contribution in [-0.4, -0.2) is 28.3 Å². The van der Waals surface area contributed by atoms with Gasteiger partial charge in [0.05, 0.1) is 18.3 Å². The average Bonchev–Trinajstić information content (AvgIpc) is 3.15. The molecule has 0 aromatic carbocycles. The van der Waals surface area contributed by atoms with Gasteiger partial charge in [-0.25, -0.2) is 9.98 Å². The normalized spacial score (nSPS) is 15.4. The molecule has 2 aromatic heterocycles. The Labute approximate surface area is 122 Å². The first-order chi connectivity index (χ1) is 10.1. The van der Waals surface area contributed by atoms with Gasteiger partial charge in [0.2, 0.25) is 5.91 Å². The summed E-state index contributed by atoms with van der Waals surface area (Å²) in [7, 11) is 0. The predicted molar refractivity (Wildman–Crippen MR) is 82.5 cm³/mol. The predicted octanol–water partition coefficient (Wildman–Crippen LogP) is 1.78. The first-order valence-electron chi connectivity index (χ1n) is 7.16. The van der Waals surface area contributed by atoms with E-state index in [0.29, 0.717) is 17.4 Å². The Bertz CT molecular complexity index is 699. The molecule has 1 aliphatic rings. The van der Waals surface area contributed by atoms with E-state index in [-0.39, 0.29) is 12.3 Å². The highest BCUT2D eigenvalue weighted by molar-refractivity contribution is 6.00. The minimum absolute atomic E-state index is 0.0727. The van der Waals surface area contributed by atoms with Crippen LogP contribution in [0.2, 0.25) is 0 Å². The Balaban J connectivity index is 1.69. The lowest BCUT2D eigenvalue weighted by molar-refractivity contribution is -0.119. The Kier molecular flexibility index (Phi) is 3.60. The molecular weight excluding hydrogens is 266 g/mol. The summed E-state index contributed by atoms with van der Waals surface area (Å²) in [6.07, 6.45) is 6.06. The molecule has 0 saturated heterocycles. The number of H-pyrrole nitrogens is 1. The summed E-state index contributed by atoms with van der Waals surface area (Å²) in [5.41, 5.74) is 8.40. The van der Waals surface area contributed by atoms with Gasteiger partial charge in [-0.05, 0) is 37.3 Å². The third kappa shape index (κ3) is 3.21. The van der Waals surface area contributed by atoms with E-state index < -0.39 is 0 Å². The molecule has 6 nitrogen and oxygen atoms in total. The average molecular weight is 285 g/mol. The zero-order valence-electron chi connectivity index (χ0n) is 12.0. The fourth-order valence-corrected chi connectivity index (χ4v) is 2.24. The second kappa shape index (κ2) is 5.55. The van der Waals surface area contributed by atoms with Gasteiger partial charge in [0, 0.05) is 18.1 Å². The number of aryl methyl sites for hydroxylation is 1. The van der Waals surface area contributed by atoms with E-state index in [1.165, 1.54) is 12.8 Å². The van der Waals surface area contributed by atoms with E-state index in [4.69, 9.17) is 5.73 Å². The second-order valence-electron chi connectivity index (χ2n) is 5.54. The maximum absolute atomic E-state index is 11.7. The molecule has 1 aliphatic carbocycles. The number of aromatic amines is 1. The van der Waals surface area contributed by atoms with Crippen LogP contribution in [0, 0.1) is 12.8 Å². The molecule has 1 saturated carbocycles. The summed E-state index contributed by atoms with van der Waals surface area (Å²) in [6, 6.07) is 1.95. The molecule has 21 heavy (non-hydrogen) atoms. The van der Waals surface area contributed by atoms with Gasteiger partial charge in [0.1, 0.15) is 11.5 Å². The van der Waals surface area contributed by atoms with Crippen molar-refractivity contribution in [1.29, 1.82) is 0 Å². The monoisotopic (exact) mass is 285 g/mol. The lowest BCUT2D eigenvalue weighted by atomic mass is 10.2. The standard InChI is InChI=1S/C15H19N5O/c1-9-11-4-5-17-15(11)19-8-12(9)20-13(16)6-14(21)18-7-10-2-3-10/h4-5,8,10H,2-3,6-7H2,1H3,(H2,16,20)(H,17,19)(H,18,21). The summed E-state index contributed by atoms with van der Waals surface area (Å²) in [6.45, 7) is 2.72. The van der Waals surface area contributed by atoms with Crippen molar-refractivity contribution in [2.24, 2.45) is 16.6 Å². The highest BCUT2D eigenvalue weighted by Crippen LogP contribution is 2.27. The first kappa shape index (κ1) is 13.6. The van der Waals surface area contributed by atoms with Gasteiger partial charge < -0.3 is 16.0 Å². The molecule has 1 fully saturated rings. The zero-order chi connectivity index (χ0) is 14.8. The molecule has 4 N–H and O–H groups in total. The molecule has 110 valence electrons. The first-order valence-corrected chi connectivity index (χ1v) is 7.16. The van der Waals surface area contributed by atoms with E-state index in [0.717, 1.165) is 23.1 Å². The van der Waals surface area contributed by atoms with Crippen LogP contribution in [-0.2, 0) is 4.79 Å². The number of hydrogen-bond acceptors (Lipinski definition) is 3. The van der Waals surface area contributed by atoms with Crippen LogP contribution in [0.15, 0.2) is 23.5 Å². The number of amides is 1. The van der Waals surface area contributed by atoms with Gasteiger partial charge >= 0.3 is 0 Å². The molecule has 1 amide bonds. The minimum Gasteiger partial charge on any atom is -0.387 e. The molecule has 2 aromatic rings. The molecule has 0 unspecified atom stereocenters. The van der Waals surface area contributed by atoms with Crippen LogP contribution >= 0.6 is 0 Å². The number of carbonyl (C=O) groups is 1. The molecule has 0 aliphatic heterocycles. The van der Waals surface area contributed by atoms with Crippen LogP contribution in [0.25, 0.3) is 11.0 Å². The number of nitrogens with zero attached hydrogens (tertiary/aromatic N) is 2. The highest BCUT2D eigenvalue weighted by Gasteiger charge is 2.21. The van der Waals surface area contributed by atoms with Crippen LogP contribution in [0.5, 0.6) is 0 Å². The van der Waals surface area contributed by atoms with Crippen molar-refractivity contribution in [2.75, 3.05) is 6.54 Å². The lowest BCUT2D eigenvalue weighted by Crippen LogP contribution is -2.30. The molecule has 3 rings (SSSR count). The van der Waals surface area contributed by atoms with Crippen LogP contribution in [0.4, 0.5) is 5.69 Å². The number of amidine groups is 1. The molecule has 2 heterocycles. The number of carbonyl (C=O) groups excluding carboxylic acids is 1. The largest absolute Gasteiger partial charge is 0.387 e. The summed E-state index contributed by atoms with van der Waals surface area (Å²) in [5, 5.41) is 3.90.